The Hall–Kier alpha value is -1.57. The van der Waals surface area contributed by atoms with Crippen LogP contribution in [-0.2, 0) is 9.59 Å². The molecular weight excluding hydrogens is 218 g/mol. The molecule has 1 saturated heterocycles. The van der Waals surface area contributed by atoms with E-state index >= 15 is 0 Å². The molecule has 1 fully saturated rings. The Morgan fingerprint density at radius 2 is 2.29 bits per heavy atom. The molecule has 5 nitrogen and oxygen atoms in total. The van der Waals surface area contributed by atoms with Gasteiger partial charge in [0.2, 0.25) is 11.8 Å². The molecule has 94 valence electrons. The standard InChI is InChI=1S/C12H19N3O2/c1-4-10-11(16)14-5-6-15(10)12(17)9(7-13)8(2)3/h8-10H,4-6H2,1-3H3,(H,14,16). The monoisotopic (exact) mass is 237 g/mol. The van der Waals surface area contributed by atoms with Gasteiger partial charge >= 0.3 is 0 Å². The zero-order chi connectivity index (χ0) is 13.0. The number of carbonyl (C=O) groups is 2. The lowest BCUT2D eigenvalue weighted by atomic mass is 9.94. The summed E-state index contributed by atoms with van der Waals surface area (Å²) in [6.45, 7) is 6.52. The first-order chi connectivity index (χ1) is 8.02. The van der Waals surface area contributed by atoms with Gasteiger partial charge in [0.15, 0.2) is 0 Å². The van der Waals surface area contributed by atoms with Gasteiger partial charge in [0.25, 0.3) is 0 Å². The third-order valence-corrected chi connectivity index (χ3v) is 3.07. The summed E-state index contributed by atoms with van der Waals surface area (Å²) < 4.78 is 0. The van der Waals surface area contributed by atoms with Gasteiger partial charge in [-0.15, -0.1) is 0 Å². The van der Waals surface area contributed by atoms with Gasteiger partial charge in [-0.1, -0.05) is 20.8 Å². The molecule has 0 radical (unpaired) electrons. The number of nitrogens with zero attached hydrogens (tertiary/aromatic N) is 2. The van der Waals surface area contributed by atoms with E-state index in [1.54, 1.807) is 4.90 Å². The van der Waals surface area contributed by atoms with Gasteiger partial charge in [-0.05, 0) is 12.3 Å². The molecule has 2 atom stereocenters. The van der Waals surface area contributed by atoms with E-state index in [4.69, 9.17) is 5.26 Å². The normalized spacial score (nSPS) is 21.9. The number of carbonyl (C=O) groups excluding carboxylic acids is 2. The minimum Gasteiger partial charge on any atom is -0.353 e. The Bertz CT molecular complexity index is 346. The van der Waals surface area contributed by atoms with Crippen molar-refractivity contribution in [3.8, 4) is 6.07 Å². The van der Waals surface area contributed by atoms with E-state index in [1.165, 1.54) is 0 Å². The highest BCUT2D eigenvalue weighted by Gasteiger charge is 2.36. The Morgan fingerprint density at radius 3 is 2.76 bits per heavy atom. The van der Waals surface area contributed by atoms with Crippen molar-refractivity contribution < 1.29 is 9.59 Å². The van der Waals surface area contributed by atoms with Crippen molar-refractivity contribution in [1.82, 2.24) is 10.2 Å². The van der Waals surface area contributed by atoms with Gasteiger partial charge in [-0.25, -0.2) is 0 Å². The fourth-order valence-corrected chi connectivity index (χ4v) is 2.05. The van der Waals surface area contributed by atoms with Gasteiger partial charge in [0, 0.05) is 13.1 Å². The van der Waals surface area contributed by atoms with Crippen molar-refractivity contribution in [2.45, 2.75) is 33.2 Å². The number of nitriles is 1. The summed E-state index contributed by atoms with van der Waals surface area (Å²) in [7, 11) is 0. The van der Waals surface area contributed by atoms with E-state index in [0.717, 1.165) is 0 Å². The summed E-state index contributed by atoms with van der Waals surface area (Å²) in [5, 5.41) is 11.8. The van der Waals surface area contributed by atoms with Crippen LogP contribution in [0.15, 0.2) is 0 Å². The first kappa shape index (κ1) is 13.5. The fourth-order valence-electron chi connectivity index (χ4n) is 2.05. The summed E-state index contributed by atoms with van der Waals surface area (Å²) in [5.74, 6) is -1.03. The van der Waals surface area contributed by atoms with Gasteiger partial charge in [-0.3, -0.25) is 9.59 Å². The van der Waals surface area contributed by atoms with Gasteiger partial charge in [0.05, 0.1) is 6.07 Å². The summed E-state index contributed by atoms with van der Waals surface area (Å²) in [6.07, 6.45) is 0.577. The zero-order valence-corrected chi connectivity index (χ0v) is 10.6. The number of amides is 2. The van der Waals surface area contributed by atoms with E-state index in [9.17, 15) is 9.59 Å². The van der Waals surface area contributed by atoms with Crippen molar-refractivity contribution in [3.05, 3.63) is 0 Å². The van der Waals surface area contributed by atoms with E-state index in [1.807, 2.05) is 26.8 Å². The van der Waals surface area contributed by atoms with Crippen molar-refractivity contribution >= 4 is 11.8 Å². The van der Waals surface area contributed by atoms with Crippen LogP contribution in [-0.4, -0.2) is 35.8 Å². The van der Waals surface area contributed by atoms with Crippen molar-refractivity contribution in [3.63, 3.8) is 0 Å². The SMILES string of the molecule is CCC1C(=O)NCCN1C(=O)C(C#N)C(C)C. The molecular formula is C12H19N3O2. The second-order valence-electron chi connectivity index (χ2n) is 4.60. The quantitative estimate of drug-likeness (QED) is 0.777. The maximum atomic E-state index is 12.2. The number of rotatable bonds is 3. The summed E-state index contributed by atoms with van der Waals surface area (Å²) in [6, 6.07) is 1.61. The predicted octanol–water partition coefficient (Wildman–Crippen LogP) is 0.519. The van der Waals surface area contributed by atoms with Crippen molar-refractivity contribution in [1.29, 1.82) is 5.26 Å². The molecule has 1 aliphatic heterocycles. The molecule has 0 saturated carbocycles. The Labute approximate surface area is 102 Å². The van der Waals surface area contributed by atoms with Gasteiger partial charge in [-0.2, -0.15) is 5.26 Å². The molecule has 0 bridgehead atoms. The van der Waals surface area contributed by atoms with Crippen LogP contribution < -0.4 is 5.32 Å². The van der Waals surface area contributed by atoms with E-state index in [-0.39, 0.29) is 17.7 Å². The molecule has 0 aromatic rings. The summed E-state index contributed by atoms with van der Waals surface area (Å²) in [4.78, 5) is 25.4. The third-order valence-electron chi connectivity index (χ3n) is 3.07. The predicted molar refractivity (Wildman–Crippen MR) is 62.7 cm³/mol. The number of hydrogen-bond donors (Lipinski definition) is 1. The smallest absolute Gasteiger partial charge is 0.242 e. The van der Waals surface area contributed by atoms with E-state index in [0.29, 0.717) is 19.5 Å². The molecule has 0 spiro atoms. The van der Waals surface area contributed by atoms with Crippen LogP contribution in [0.2, 0.25) is 0 Å². The van der Waals surface area contributed by atoms with Crippen molar-refractivity contribution in [2.75, 3.05) is 13.1 Å². The van der Waals surface area contributed by atoms with Crippen LogP contribution in [0.3, 0.4) is 0 Å². The lowest BCUT2D eigenvalue weighted by Gasteiger charge is -2.36. The Morgan fingerprint density at radius 1 is 1.65 bits per heavy atom. The lowest BCUT2D eigenvalue weighted by molar-refractivity contribution is -0.145. The highest BCUT2D eigenvalue weighted by molar-refractivity contribution is 5.90. The topological polar surface area (TPSA) is 73.2 Å². The van der Waals surface area contributed by atoms with Crippen LogP contribution in [0.1, 0.15) is 27.2 Å². The highest BCUT2D eigenvalue weighted by atomic mass is 16.2. The second kappa shape index (κ2) is 5.67. The van der Waals surface area contributed by atoms with Crippen LogP contribution >= 0.6 is 0 Å². The molecule has 1 N–H and O–H groups in total. The van der Waals surface area contributed by atoms with Gasteiger partial charge in [0.1, 0.15) is 12.0 Å². The van der Waals surface area contributed by atoms with Crippen LogP contribution in [0, 0.1) is 23.2 Å². The number of nitrogens with one attached hydrogen (secondary N) is 1. The highest BCUT2D eigenvalue weighted by Crippen LogP contribution is 2.18. The second-order valence-corrected chi connectivity index (χ2v) is 4.60. The number of piperazine rings is 1. The van der Waals surface area contributed by atoms with Crippen LogP contribution in [0.5, 0.6) is 0 Å². The lowest BCUT2D eigenvalue weighted by Crippen LogP contribution is -2.58. The van der Waals surface area contributed by atoms with E-state index < -0.39 is 12.0 Å². The molecule has 5 heteroatoms. The molecule has 0 aromatic heterocycles. The number of hydrogen-bond acceptors (Lipinski definition) is 3. The third kappa shape index (κ3) is 2.76. The molecule has 2 amide bonds. The average Bonchev–Trinajstić information content (AvgIpc) is 2.28. The first-order valence-corrected chi connectivity index (χ1v) is 6.00. The van der Waals surface area contributed by atoms with Crippen LogP contribution in [0.4, 0.5) is 0 Å². The average molecular weight is 237 g/mol. The Kier molecular flexibility index (Phi) is 4.50. The van der Waals surface area contributed by atoms with E-state index in [2.05, 4.69) is 5.32 Å². The largest absolute Gasteiger partial charge is 0.353 e. The molecule has 17 heavy (non-hydrogen) atoms. The minimum absolute atomic E-state index is 0.0324. The Balaban J connectivity index is 2.86. The summed E-state index contributed by atoms with van der Waals surface area (Å²) in [5.41, 5.74) is 0. The van der Waals surface area contributed by atoms with Crippen LogP contribution in [0.25, 0.3) is 0 Å². The van der Waals surface area contributed by atoms with Crippen molar-refractivity contribution in [2.24, 2.45) is 11.8 Å². The minimum atomic E-state index is -0.657. The molecule has 0 aliphatic carbocycles. The maximum absolute atomic E-state index is 12.2. The molecule has 1 heterocycles. The first-order valence-electron chi connectivity index (χ1n) is 6.00. The zero-order valence-electron chi connectivity index (χ0n) is 10.6. The molecule has 1 aliphatic rings. The summed E-state index contributed by atoms with van der Waals surface area (Å²) >= 11 is 0. The maximum Gasteiger partial charge on any atom is 0.242 e. The fraction of sp³-hybridized carbons (Fsp3) is 0.750. The molecule has 2 unspecified atom stereocenters. The molecule has 0 aromatic carbocycles. The molecule has 1 rings (SSSR count). The van der Waals surface area contributed by atoms with Gasteiger partial charge < -0.3 is 10.2 Å².